The second kappa shape index (κ2) is 9.75. The van der Waals surface area contributed by atoms with Crippen molar-refractivity contribution in [1.82, 2.24) is 10.2 Å². The summed E-state index contributed by atoms with van der Waals surface area (Å²) in [7, 11) is 0. The van der Waals surface area contributed by atoms with Crippen molar-refractivity contribution >= 4 is 33.7 Å². The van der Waals surface area contributed by atoms with E-state index in [1.54, 1.807) is 6.92 Å². The van der Waals surface area contributed by atoms with E-state index in [0.29, 0.717) is 19.4 Å². The summed E-state index contributed by atoms with van der Waals surface area (Å²) in [5.41, 5.74) is -1.10. The van der Waals surface area contributed by atoms with Gasteiger partial charge in [0.25, 0.3) is 0 Å². The molecule has 3 aliphatic rings. The number of amides is 2. The Morgan fingerprint density at radius 2 is 2.10 bits per heavy atom. The van der Waals surface area contributed by atoms with Crippen molar-refractivity contribution in [1.29, 1.82) is 0 Å². The van der Waals surface area contributed by atoms with Gasteiger partial charge in [-0.15, -0.1) is 0 Å². The lowest BCUT2D eigenvalue weighted by molar-refractivity contribution is -0.155. The number of aliphatic hydroxyl groups is 1. The Hall–Kier alpha value is -1.19. The Morgan fingerprint density at radius 3 is 2.68 bits per heavy atom. The van der Waals surface area contributed by atoms with Crippen molar-refractivity contribution < 1.29 is 29.0 Å². The van der Waals surface area contributed by atoms with Gasteiger partial charge in [0.05, 0.1) is 37.2 Å². The zero-order chi connectivity index (χ0) is 22.9. The van der Waals surface area contributed by atoms with Crippen molar-refractivity contribution in [2.75, 3.05) is 19.8 Å². The van der Waals surface area contributed by atoms with Gasteiger partial charge >= 0.3 is 5.97 Å². The van der Waals surface area contributed by atoms with Gasteiger partial charge in [0.15, 0.2) is 0 Å². The van der Waals surface area contributed by atoms with E-state index in [-0.39, 0.29) is 35.8 Å². The maximum atomic E-state index is 13.8. The van der Waals surface area contributed by atoms with E-state index in [1.165, 1.54) is 4.90 Å². The molecule has 0 radical (unpaired) electrons. The molecule has 9 heteroatoms. The van der Waals surface area contributed by atoms with Crippen LogP contribution in [0.25, 0.3) is 0 Å². The van der Waals surface area contributed by atoms with Gasteiger partial charge in [0.1, 0.15) is 11.6 Å². The fourth-order valence-electron chi connectivity index (χ4n) is 5.57. The van der Waals surface area contributed by atoms with Crippen LogP contribution in [0.5, 0.6) is 0 Å². The lowest BCUT2D eigenvalue weighted by atomic mass is 9.70. The van der Waals surface area contributed by atoms with Crippen molar-refractivity contribution in [3.8, 4) is 0 Å². The van der Waals surface area contributed by atoms with Gasteiger partial charge in [-0.25, -0.2) is 0 Å². The van der Waals surface area contributed by atoms with Crippen LogP contribution in [-0.4, -0.2) is 76.2 Å². The summed E-state index contributed by atoms with van der Waals surface area (Å²) in [4.78, 5) is 41.4. The van der Waals surface area contributed by atoms with E-state index in [0.717, 1.165) is 12.8 Å². The minimum atomic E-state index is -1.10. The predicted octanol–water partition coefficient (Wildman–Crippen LogP) is 1.62. The van der Waals surface area contributed by atoms with Crippen LogP contribution in [-0.2, 0) is 23.9 Å². The summed E-state index contributed by atoms with van der Waals surface area (Å²) in [5, 5.41) is 13.1. The third-order valence-corrected chi connectivity index (χ3v) is 7.56. The number of rotatable bonds is 10. The maximum absolute atomic E-state index is 13.8. The van der Waals surface area contributed by atoms with Crippen LogP contribution in [0.15, 0.2) is 0 Å². The third-order valence-electron chi connectivity index (χ3n) is 6.71. The molecule has 7 atom stereocenters. The maximum Gasteiger partial charge on any atom is 0.312 e. The molecule has 0 aliphatic carbocycles. The van der Waals surface area contributed by atoms with Crippen LogP contribution < -0.4 is 5.32 Å². The molecule has 0 aromatic carbocycles. The minimum Gasteiger partial charge on any atom is -0.466 e. The normalized spacial score (nSPS) is 34.9. The molecule has 3 rings (SSSR count). The summed E-state index contributed by atoms with van der Waals surface area (Å²) in [5.74, 6) is -2.37. The molecule has 0 aromatic rings. The summed E-state index contributed by atoms with van der Waals surface area (Å²) >= 11 is 3.62. The van der Waals surface area contributed by atoms with Gasteiger partial charge < -0.3 is 24.8 Å². The Morgan fingerprint density at radius 1 is 1.39 bits per heavy atom. The van der Waals surface area contributed by atoms with E-state index in [1.807, 2.05) is 20.8 Å². The molecule has 1 spiro atoms. The van der Waals surface area contributed by atoms with Gasteiger partial charge in [0, 0.05) is 11.4 Å². The highest BCUT2D eigenvalue weighted by molar-refractivity contribution is 9.09. The molecule has 176 valence electrons. The molecule has 31 heavy (non-hydrogen) atoms. The number of hydrogen-bond donors (Lipinski definition) is 2. The second-order valence-corrected chi connectivity index (χ2v) is 10.4. The van der Waals surface area contributed by atoms with Gasteiger partial charge in [-0.05, 0) is 32.1 Å². The zero-order valence-corrected chi connectivity index (χ0v) is 20.4. The molecular formula is C22H35BrN2O6. The molecule has 3 fully saturated rings. The van der Waals surface area contributed by atoms with Gasteiger partial charge in [-0.3, -0.25) is 14.4 Å². The van der Waals surface area contributed by atoms with Gasteiger partial charge in [-0.2, -0.15) is 0 Å². The number of nitrogens with zero attached hydrogens (tertiary/aromatic N) is 1. The van der Waals surface area contributed by atoms with Crippen LogP contribution in [0.2, 0.25) is 0 Å². The van der Waals surface area contributed by atoms with Crippen LogP contribution in [0, 0.1) is 17.8 Å². The Balaban J connectivity index is 2.02. The standard InChI is InChI=1S/C22H35BrN2O6/c1-5-7-8-24-19(27)18-22-10-14(23)17(31-22)15(21(29)30-6-2)16(22)20(28)25(18)13(11-26)9-12(3)4/h12-18,26H,5-11H2,1-4H3,(H,24,27)/t13-,14?,15+,16+,17+,18?,22?/m1/s1. The quantitative estimate of drug-likeness (QED) is 0.267. The van der Waals surface area contributed by atoms with Crippen LogP contribution in [0.1, 0.15) is 53.4 Å². The summed E-state index contributed by atoms with van der Waals surface area (Å²) < 4.78 is 11.6. The molecule has 2 bridgehead atoms. The highest BCUT2D eigenvalue weighted by Gasteiger charge is 2.77. The topological polar surface area (TPSA) is 105 Å². The lowest BCUT2D eigenvalue weighted by Crippen LogP contribution is -2.58. The van der Waals surface area contributed by atoms with Crippen molar-refractivity contribution in [2.24, 2.45) is 17.8 Å². The van der Waals surface area contributed by atoms with E-state index in [4.69, 9.17) is 9.47 Å². The number of halogens is 1. The molecular weight excluding hydrogens is 468 g/mol. The second-order valence-electron chi connectivity index (χ2n) is 9.27. The summed E-state index contributed by atoms with van der Waals surface area (Å²) in [6.45, 7) is 8.25. The molecule has 0 saturated carbocycles. The van der Waals surface area contributed by atoms with E-state index >= 15 is 0 Å². The fourth-order valence-corrected chi connectivity index (χ4v) is 6.52. The molecule has 3 unspecified atom stereocenters. The average Bonchev–Trinajstić information content (AvgIpc) is 3.30. The molecule has 2 amide bonds. The van der Waals surface area contributed by atoms with Gasteiger partial charge in [-0.1, -0.05) is 43.1 Å². The number of aliphatic hydroxyl groups excluding tert-OH is 1. The van der Waals surface area contributed by atoms with Crippen LogP contribution in [0.3, 0.4) is 0 Å². The molecule has 2 N–H and O–H groups in total. The van der Waals surface area contributed by atoms with E-state index in [9.17, 15) is 19.5 Å². The Bertz CT molecular complexity index is 703. The first-order chi connectivity index (χ1) is 14.7. The molecule has 3 saturated heterocycles. The number of hydrogen-bond acceptors (Lipinski definition) is 6. The van der Waals surface area contributed by atoms with Gasteiger partial charge in [0.2, 0.25) is 11.8 Å². The number of ether oxygens (including phenoxy) is 2. The highest BCUT2D eigenvalue weighted by atomic mass is 79.9. The minimum absolute atomic E-state index is 0.158. The molecule has 0 aromatic heterocycles. The molecule has 8 nitrogen and oxygen atoms in total. The highest BCUT2D eigenvalue weighted by Crippen LogP contribution is 2.60. The SMILES string of the molecule is CCCCNC(=O)C1N([C@@H](CO)CC(C)C)C(=O)[C@@H]2[C@H](C(=O)OCC)[C@H]3OC12CC3Br. The number of nitrogens with one attached hydrogen (secondary N) is 1. The van der Waals surface area contributed by atoms with E-state index < -0.39 is 41.6 Å². The third kappa shape index (κ3) is 4.13. The van der Waals surface area contributed by atoms with Crippen molar-refractivity contribution in [3.63, 3.8) is 0 Å². The first kappa shape index (κ1) is 24.5. The number of carbonyl (C=O) groups is 3. The van der Waals surface area contributed by atoms with Crippen LogP contribution in [0.4, 0.5) is 0 Å². The fraction of sp³-hybridized carbons (Fsp3) is 0.864. The predicted molar refractivity (Wildman–Crippen MR) is 117 cm³/mol. The summed E-state index contributed by atoms with van der Waals surface area (Å²) in [6.07, 6.45) is 2.25. The number of alkyl halides is 1. The first-order valence-corrected chi connectivity index (χ1v) is 12.3. The first-order valence-electron chi connectivity index (χ1n) is 11.4. The largest absolute Gasteiger partial charge is 0.466 e. The number of carbonyl (C=O) groups excluding carboxylic acids is 3. The number of likely N-dealkylation sites (tertiary alicyclic amines) is 1. The average molecular weight is 503 g/mol. The Kier molecular flexibility index (Phi) is 7.69. The van der Waals surface area contributed by atoms with E-state index in [2.05, 4.69) is 21.2 Å². The van der Waals surface area contributed by atoms with Crippen molar-refractivity contribution in [2.45, 2.75) is 82.0 Å². The summed E-state index contributed by atoms with van der Waals surface area (Å²) in [6, 6.07) is -1.41. The molecule has 3 aliphatic heterocycles. The number of unbranched alkanes of at least 4 members (excludes halogenated alkanes) is 1. The van der Waals surface area contributed by atoms with Crippen LogP contribution >= 0.6 is 15.9 Å². The smallest absolute Gasteiger partial charge is 0.312 e. The Labute approximate surface area is 192 Å². The molecule has 3 heterocycles. The zero-order valence-electron chi connectivity index (χ0n) is 18.8. The number of esters is 1. The monoisotopic (exact) mass is 502 g/mol. The van der Waals surface area contributed by atoms with Crippen molar-refractivity contribution in [3.05, 3.63) is 0 Å². The lowest BCUT2D eigenvalue weighted by Gasteiger charge is -2.37. The number of fused-ring (bicyclic) bond motifs is 1.